The van der Waals surface area contributed by atoms with Crippen molar-refractivity contribution in [2.75, 3.05) is 0 Å². The highest BCUT2D eigenvalue weighted by molar-refractivity contribution is 5.09. The molecule has 0 radical (unpaired) electrons. The first-order valence-corrected chi connectivity index (χ1v) is 6.96. The second kappa shape index (κ2) is 5.62. The Kier molecular flexibility index (Phi) is 4.98. The van der Waals surface area contributed by atoms with Crippen molar-refractivity contribution in [3.63, 3.8) is 0 Å². The molecular formula is C13H21F5O3. The molecule has 1 rings (SSSR count). The van der Waals surface area contributed by atoms with Crippen LogP contribution in [0.25, 0.3) is 0 Å². The first-order chi connectivity index (χ1) is 9.35. The first kappa shape index (κ1) is 18.6. The third-order valence-electron chi connectivity index (χ3n) is 4.65. The summed E-state index contributed by atoms with van der Waals surface area (Å²) in [5.41, 5.74) is -3.10. The third kappa shape index (κ3) is 2.77. The molecule has 0 aromatic carbocycles. The van der Waals surface area contributed by atoms with Gasteiger partial charge in [0.05, 0.1) is 0 Å². The number of aliphatic hydroxyl groups is 3. The van der Waals surface area contributed by atoms with E-state index in [4.69, 9.17) is 10.2 Å². The second-order valence-electron chi connectivity index (χ2n) is 5.83. The number of halogens is 5. The highest BCUT2D eigenvalue weighted by atomic mass is 19.4. The lowest BCUT2D eigenvalue weighted by Crippen LogP contribution is -2.71. The van der Waals surface area contributed by atoms with E-state index < -0.39 is 35.8 Å². The van der Waals surface area contributed by atoms with Crippen LogP contribution in [-0.4, -0.2) is 38.8 Å². The van der Waals surface area contributed by atoms with Crippen LogP contribution in [0.3, 0.4) is 0 Å². The quantitative estimate of drug-likeness (QED) is 0.551. The predicted molar refractivity (Wildman–Crippen MR) is 64.5 cm³/mol. The third-order valence-corrected chi connectivity index (χ3v) is 4.65. The predicted octanol–water partition coefficient (Wildman–Crippen LogP) is 2.83. The van der Waals surface area contributed by atoms with Crippen molar-refractivity contribution in [3.8, 4) is 0 Å². The average Bonchev–Trinajstić information content (AvgIpc) is 2.36. The molecule has 1 aliphatic rings. The Hall–Kier alpha value is -0.470. The number of alkyl halides is 5. The van der Waals surface area contributed by atoms with Crippen LogP contribution < -0.4 is 0 Å². The summed E-state index contributed by atoms with van der Waals surface area (Å²) >= 11 is 0. The van der Waals surface area contributed by atoms with Gasteiger partial charge >= 0.3 is 17.9 Å². The Morgan fingerprint density at radius 1 is 1.00 bits per heavy atom. The van der Waals surface area contributed by atoms with Gasteiger partial charge in [-0.3, -0.25) is 0 Å². The van der Waals surface area contributed by atoms with Crippen LogP contribution in [0.5, 0.6) is 0 Å². The Balaban J connectivity index is 3.28. The molecule has 1 aliphatic carbocycles. The minimum Gasteiger partial charge on any atom is -0.383 e. The first-order valence-electron chi connectivity index (χ1n) is 6.96. The van der Waals surface area contributed by atoms with E-state index in [9.17, 15) is 27.1 Å². The molecule has 0 aromatic heterocycles. The maximum atomic E-state index is 14.2. The molecule has 1 saturated carbocycles. The Morgan fingerprint density at radius 3 is 1.90 bits per heavy atom. The molecule has 3 nitrogen and oxygen atoms in total. The van der Waals surface area contributed by atoms with Crippen LogP contribution in [0.15, 0.2) is 0 Å². The van der Waals surface area contributed by atoms with E-state index in [-0.39, 0.29) is 18.8 Å². The lowest BCUT2D eigenvalue weighted by Gasteiger charge is -2.50. The minimum atomic E-state index is -5.97. The topological polar surface area (TPSA) is 60.7 Å². The standard InChI is InChI=1S/C13H21F5O3/c1-3-8-5-6-9(4-2)10(19,7-8)11(14,15)12(20,21)13(16,17)18/h8-9,19-21H,3-7H2,1-2H3. The van der Waals surface area contributed by atoms with Crippen LogP contribution in [-0.2, 0) is 0 Å². The van der Waals surface area contributed by atoms with E-state index in [1.807, 2.05) is 0 Å². The number of hydrogen-bond acceptors (Lipinski definition) is 3. The maximum absolute atomic E-state index is 14.2. The van der Waals surface area contributed by atoms with Gasteiger partial charge in [-0.05, 0) is 31.1 Å². The second-order valence-corrected chi connectivity index (χ2v) is 5.83. The van der Waals surface area contributed by atoms with Gasteiger partial charge in [0.1, 0.15) is 5.60 Å². The van der Waals surface area contributed by atoms with Crippen LogP contribution in [0.1, 0.15) is 46.0 Å². The fraction of sp³-hybridized carbons (Fsp3) is 1.00. The molecule has 126 valence electrons. The van der Waals surface area contributed by atoms with Gasteiger partial charge in [-0.2, -0.15) is 22.0 Å². The van der Waals surface area contributed by atoms with Crippen molar-refractivity contribution < 1.29 is 37.3 Å². The normalized spacial score (nSPS) is 32.3. The van der Waals surface area contributed by atoms with Gasteiger partial charge < -0.3 is 15.3 Å². The highest BCUT2D eigenvalue weighted by Gasteiger charge is 2.77. The molecule has 21 heavy (non-hydrogen) atoms. The van der Waals surface area contributed by atoms with Crippen LogP contribution in [0.4, 0.5) is 22.0 Å². The summed E-state index contributed by atoms with van der Waals surface area (Å²) in [5.74, 6) is -11.9. The number of hydrogen-bond donors (Lipinski definition) is 3. The van der Waals surface area contributed by atoms with E-state index in [0.29, 0.717) is 12.8 Å². The summed E-state index contributed by atoms with van der Waals surface area (Å²) in [4.78, 5) is 0. The molecule has 8 heteroatoms. The summed E-state index contributed by atoms with van der Waals surface area (Å²) in [6.45, 7) is 3.16. The van der Waals surface area contributed by atoms with Crippen molar-refractivity contribution in [2.45, 2.75) is 69.4 Å². The largest absolute Gasteiger partial charge is 0.449 e. The molecule has 0 aromatic rings. The Bertz CT molecular complexity index is 369. The van der Waals surface area contributed by atoms with Crippen molar-refractivity contribution >= 4 is 0 Å². The summed E-state index contributed by atoms with van der Waals surface area (Å²) in [5, 5.41) is 28.3. The van der Waals surface area contributed by atoms with Crippen molar-refractivity contribution in [3.05, 3.63) is 0 Å². The fourth-order valence-corrected chi connectivity index (χ4v) is 3.14. The van der Waals surface area contributed by atoms with E-state index in [1.54, 1.807) is 6.92 Å². The van der Waals surface area contributed by atoms with E-state index in [1.165, 1.54) is 6.92 Å². The average molecular weight is 320 g/mol. The van der Waals surface area contributed by atoms with Crippen LogP contribution >= 0.6 is 0 Å². The zero-order valence-corrected chi connectivity index (χ0v) is 11.9. The SMILES string of the molecule is CCC1CCC(CC)C(O)(C(F)(F)C(O)(O)C(F)(F)F)C1. The van der Waals surface area contributed by atoms with Crippen LogP contribution in [0, 0.1) is 11.8 Å². The van der Waals surface area contributed by atoms with Gasteiger partial charge in [0.25, 0.3) is 0 Å². The molecule has 0 saturated heterocycles. The van der Waals surface area contributed by atoms with Gasteiger partial charge in [-0.15, -0.1) is 0 Å². The zero-order valence-electron chi connectivity index (χ0n) is 11.9. The van der Waals surface area contributed by atoms with Gasteiger partial charge in [0.15, 0.2) is 0 Å². The lowest BCUT2D eigenvalue weighted by atomic mass is 9.64. The zero-order chi connectivity index (χ0) is 16.7. The van der Waals surface area contributed by atoms with Gasteiger partial charge in [0.2, 0.25) is 0 Å². The summed E-state index contributed by atoms with van der Waals surface area (Å²) in [6.07, 6.45) is -5.48. The molecule has 3 N–H and O–H groups in total. The Morgan fingerprint density at radius 2 is 1.52 bits per heavy atom. The van der Waals surface area contributed by atoms with Gasteiger partial charge in [-0.1, -0.05) is 26.7 Å². The maximum Gasteiger partial charge on any atom is 0.449 e. The monoisotopic (exact) mass is 320 g/mol. The molecule has 0 spiro atoms. The van der Waals surface area contributed by atoms with Crippen LogP contribution in [0.2, 0.25) is 0 Å². The molecule has 1 fully saturated rings. The molecule has 3 unspecified atom stereocenters. The molecule has 3 atom stereocenters. The smallest absolute Gasteiger partial charge is 0.383 e. The van der Waals surface area contributed by atoms with E-state index >= 15 is 0 Å². The van der Waals surface area contributed by atoms with Crippen molar-refractivity contribution in [1.82, 2.24) is 0 Å². The highest BCUT2D eigenvalue weighted by Crippen LogP contribution is 2.54. The number of rotatable bonds is 4. The molecule has 0 aliphatic heterocycles. The van der Waals surface area contributed by atoms with Crippen molar-refractivity contribution in [1.29, 1.82) is 0 Å². The minimum absolute atomic E-state index is 0.0243. The fourth-order valence-electron chi connectivity index (χ4n) is 3.14. The summed E-state index contributed by atoms with van der Waals surface area (Å²) in [7, 11) is 0. The van der Waals surface area contributed by atoms with Gasteiger partial charge in [0, 0.05) is 0 Å². The van der Waals surface area contributed by atoms with Gasteiger partial charge in [-0.25, -0.2) is 0 Å². The molecule has 0 heterocycles. The summed E-state index contributed by atoms with van der Waals surface area (Å²) in [6, 6.07) is 0. The van der Waals surface area contributed by atoms with E-state index in [2.05, 4.69) is 0 Å². The lowest BCUT2D eigenvalue weighted by molar-refractivity contribution is -0.449. The molecular weight excluding hydrogens is 299 g/mol. The van der Waals surface area contributed by atoms with Crippen molar-refractivity contribution in [2.24, 2.45) is 11.8 Å². The van der Waals surface area contributed by atoms with E-state index in [0.717, 1.165) is 0 Å². The molecule has 0 bridgehead atoms. The molecule has 0 amide bonds. The Labute approximate surface area is 119 Å². The summed E-state index contributed by atoms with van der Waals surface area (Å²) < 4.78 is 66.2.